The highest BCUT2D eigenvalue weighted by Gasteiger charge is 2.49. The van der Waals surface area contributed by atoms with Crippen molar-refractivity contribution in [3.8, 4) is 0 Å². The highest BCUT2D eigenvalue weighted by Crippen LogP contribution is 2.42. The summed E-state index contributed by atoms with van der Waals surface area (Å²) >= 11 is 0. The Morgan fingerprint density at radius 2 is 2.22 bits per heavy atom. The van der Waals surface area contributed by atoms with Crippen molar-refractivity contribution < 1.29 is 18.8 Å². The zero-order valence-electron chi connectivity index (χ0n) is 9.90. The molecule has 1 spiro atoms. The first-order chi connectivity index (χ1) is 8.65. The van der Waals surface area contributed by atoms with Crippen LogP contribution in [0, 0.1) is 0 Å². The molecule has 3 rings (SSSR count). The van der Waals surface area contributed by atoms with Gasteiger partial charge >= 0.3 is 0 Å². The highest BCUT2D eigenvalue weighted by molar-refractivity contribution is 5.95. The first-order valence-corrected chi connectivity index (χ1v) is 6.05. The topological polar surface area (TPSA) is 95.4 Å². The number of rotatable bonds is 1. The number of carbonyl (C=O) groups is 2. The molecule has 1 aliphatic carbocycles. The molecule has 96 valence electrons. The van der Waals surface area contributed by atoms with Crippen molar-refractivity contribution in [2.45, 2.75) is 31.1 Å². The number of ether oxygens (including phenoxy) is 1. The van der Waals surface area contributed by atoms with Gasteiger partial charge in [-0.1, -0.05) is 5.16 Å². The molecule has 1 aromatic rings. The van der Waals surface area contributed by atoms with Crippen molar-refractivity contribution in [2.75, 3.05) is 13.2 Å². The number of nitrogens with zero attached hydrogens (tertiary/aromatic N) is 1. The third kappa shape index (κ3) is 1.42. The van der Waals surface area contributed by atoms with Crippen molar-refractivity contribution in [3.05, 3.63) is 17.0 Å². The largest absolute Gasteiger partial charge is 0.379 e. The minimum absolute atomic E-state index is 0.113. The number of primary amides is 1. The summed E-state index contributed by atoms with van der Waals surface area (Å²) in [5, 5.41) is 3.72. The normalized spacial score (nSPS) is 27.2. The molecule has 1 atom stereocenters. The van der Waals surface area contributed by atoms with E-state index in [1.807, 2.05) is 0 Å². The Hall–Kier alpha value is -1.69. The summed E-state index contributed by atoms with van der Waals surface area (Å²) in [6.45, 7) is 0.763. The van der Waals surface area contributed by atoms with Gasteiger partial charge in [0.25, 0.3) is 5.91 Å². The molecule has 2 N–H and O–H groups in total. The van der Waals surface area contributed by atoms with Crippen LogP contribution in [0.5, 0.6) is 0 Å². The second-order valence-corrected chi connectivity index (χ2v) is 4.86. The standard InChI is InChI=1S/C12H14N2O4/c13-11(16)9-7-2-1-4-12(10(7)18-14-9)6-17-5-3-8(12)15/h1-6H2,(H2,13,16)/t12-/m0/s1. The molecule has 6 nitrogen and oxygen atoms in total. The molecule has 0 aromatic carbocycles. The Morgan fingerprint density at radius 3 is 2.94 bits per heavy atom. The van der Waals surface area contributed by atoms with Gasteiger partial charge in [0, 0.05) is 12.0 Å². The van der Waals surface area contributed by atoms with Crippen molar-refractivity contribution >= 4 is 11.7 Å². The molecule has 2 aliphatic rings. The Kier molecular flexibility index (Phi) is 2.48. The first-order valence-electron chi connectivity index (χ1n) is 6.05. The van der Waals surface area contributed by atoms with Crippen molar-refractivity contribution in [1.29, 1.82) is 0 Å². The van der Waals surface area contributed by atoms with Crippen LogP contribution in [0.4, 0.5) is 0 Å². The molecule has 0 unspecified atom stereocenters. The quantitative estimate of drug-likeness (QED) is 0.775. The van der Waals surface area contributed by atoms with E-state index in [1.165, 1.54) is 0 Å². The third-order valence-electron chi connectivity index (χ3n) is 3.84. The fraction of sp³-hybridized carbons (Fsp3) is 0.583. The summed E-state index contributed by atoms with van der Waals surface area (Å²) in [6, 6.07) is 0. The second-order valence-electron chi connectivity index (χ2n) is 4.86. The van der Waals surface area contributed by atoms with Crippen LogP contribution >= 0.6 is 0 Å². The zero-order valence-corrected chi connectivity index (χ0v) is 9.90. The van der Waals surface area contributed by atoms with Crippen LogP contribution in [0.2, 0.25) is 0 Å². The fourth-order valence-electron chi connectivity index (χ4n) is 2.93. The van der Waals surface area contributed by atoms with Gasteiger partial charge in [-0.3, -0.25) is 9.59 Å². The first kappa shape index (κ1) is 11.4. The number of Topliss-reactive ketones (excluding diaryl/α,β-unsaturated/α-hetero) is 1. The van der Waals surface area contributed by atoms with E-state index >= 15 is 0 Å². The maximum atomic E-state index is 12.2. The number of carbonyl (C=O) groups excluding carboxylic acids is 2. The summed E-state index contributed by atoms with van der Waals surface area (Å²) in [4.78, 5) is 23.5. The lowest BCUT2D eigenvalue weighted by Crippen LogP contribution is -2.46. The molecule has 1 aliphatic heterocycles. The number of aromatic nitrogens is 1. The molecule has 1 fully saturated rings. The van der Waals surface area contributed by atoms with Crippen LogP contribution in [0.1, 0.15) is 41.1 Å². The minimum Gasteiger partial charge on any atom is -0.379 e. The van der Waals surface area contributed by atoms with Gasteiger partial charge in [0.2, 0.25) is 0 Å². The number of nitrogens with two attached hydrogens (primary N) is 1. The van der Waals surface area contributed by atoms with Crippen LogP contribution < -0.4 is 5.73 Å². The lowest BCUT2D eigenvalue weighted by molar-refractivity contribution is -0.135. The monoisotopic (exact) mass is 250 g/mol. The molecule has 1 amide bonds. The summed E-state index contributed by atoms with van der Waals surface area (Å²) < 4.78 is 10.7. The number of hydrogen-bond acceptors (Lipinski definition) is 5. The summed E-state index contributed by atoms with van der Waals surface area (Å²) in [7, 11) is 0. The van der Waals surface area contributed by atoms with Gasteiger partial charge in [-0.2, -0.15) is 0 Å². The van der Waals surface area contributed by atoms with Crippen LogP contribution in [-0.4, -0.2) is 30.1 Å². The van der Waals surface area contributed by atoms with E-state index in [0.717, 1.165) is 6.42 Å². The summed E-state index contributed by atoms with van der Waals surface area (Å²) in [5.41, 5.74) is 5.36. The van der Waals surface area contributed by atoms with E-state index in [0.29, 0.717) is 43.8 Å². The van der Waals surface area contributed by atoms with E-state index in [2.05, 4.69) is 5.16 Å². The maximum absolute atomic E-state index is 12.2. The molecule has 0 radical (unpaired) electrons. The molecule has 2 heterocycles. The fourth-order valence-corrected chi connectivity index (χ4v) is 2.93. The molecule has 18 heavy (non-hydrogen) atoms. The van der Waals surface area contributed by atoms with Crippen LogP contribution in [0.15, 0.2) is 4.52 Å². The van der Waals surface area contributed by atoms with Crippen LogP contribution in [0.25, 0.3) is 0 Å². The molecule has 1 aromatic heterocycles. The second kappa shape index (κ2) is 3.91. The van der Waals surface area contributed by atoms with Gasteiger partial charge < -0.3 is 15.0 Å². The third-order valence-corrected chi connectivity index (χ3v) is 3.84. The number of ketones is 1. The van der Waals surface area contributed by atoms with Gasteiger partial charge in [0.05, 0.1) is 13.2 Å². The summed E-state index contributed by atoms with van der Waals surface area (Å²) in [6.07, 6.45) is 2.55. The lowest BCUT2D eigenvalue weighted by atomic mass is 9.69. The highest BCUT2D eigenvalue weighted by atomic mass is 16.5. The van der Waals surface area contributed by atoms with Gasteiger partial charge in [0.15, 0.2) is 17.2 Å². The summed E-state index contributed by atoms with van der Waals surface area (Å²) in [5.74, 6) is -0.00431. The molecule has 0 saturated carbocycles. The van der Waals surface area contributed by atoms with E-state index in [4.69, 9.17) is 15.0 Å². The maximum Gasteiger partial charge on any atom is 0.271 e. The number of hydrogen-bond donors (Lipinski definition) is 1. The SMILES string of the molecule is NC(=O)c1noc2c1CCC[C@@]21COCCC1=O. The smallest absolute Gasteiger partial charge is 0.271 e. The minimum atomic E-state index is -0.744. The van der Waals surface area contributed by atoms with Crippen molar-refractivity contribution in [2.24, 2.45) is 5.73 Å². The van der Waals surface area contributed by atoms with Crippen molar-refractivity contribution in [3.63, 3.8) is 0 Å². The Morgan fingerprint density at radius 1 is 1.39 bits per heavy atom. The van der Waals surface area contributed by atoms with Gasteiger partial charge in [0.1, 0.15) is 5.41 Å². The Labute approximate surface area is 103 Å². The Balaban J connectivity index is 2.12. The van der Waals surface area contributed by atoms with E-state index < -0.39 is 11.3 Å². The molecule has 1 saturated heterocycles. The van der Waals surface area contributed by atoms with Gasteiger partial charge in [-0.05, 0) is 19.3 Å². The van der Waals surface area contributed by atoms with E-state index in [-0.39, 0.29) is 11.5 Å². The van der Waals surface area contributed by atoms with Crippen molar-refractivity contribution in [1.82, 2.24) is 5.16 Å². The lowest BCUT2D eigenvalue weighted by Gasteiger charge is -2.36. The molecular weight excluding hydrogens is 236 g/mol. The van der Waals surface area contributed by atoms with E-state index in [9.17, 15) is 9.59 Å². The average Bonchev–Trinajstić information content (AvgIpc) is 2.78. The van der Waals surface area contributed by atoms with Crippen LogP contribution in [-0.2, 0) is 21.4 Å². The Bertz CT molecular complexity index is 522. The number of fused-ring (bicyclic) bond motifs is 2. The predicted molar refractivity (Wildman–Crippen MR) is 60.1 cm³/mol. The number of amides is 1. The van der Waals surface area contributed by atoms with Gasteiger partial charge in [-0.25, -0.2) is 0 Å². The molecular formula is C12H14N2O4. The molecule has 6 heteroatoms. The van der Waals surface area contributed by atoms with Crippen LogP contribution in [0.3, 0.4) is 0 Å². The van der Waals surface area contributed by atoms with E-state index in [1.54, 1.807) is 0 Å². The molecule has 0 bridgehead atoms. The van der Waals surface area contributed by atoms with Gasteiger partial charge in [-0.15, -0.1) is 0 Å². The zero-order chi connectivity index (χ0) is 12.8. The average molecular weight is 250 g/mol. The predicted octanol–water partition coefficient (Wildman–Crippen LogP) is 0.337.